The molecule has 0 radical (unpaired) electrons. The molecule has 9 heteroatoms. The summed E-state index contributed by atoms with van der Waals surface area (Å²) in [6.45, 7) is 0. The first-order valence-corrected chi connectivity index (χ1v) is 10.3. The first kappa shape index (κ1) is 20.5. The van der Waals surface area contributed by atoms with E-state index in [1.54, 1.807) is 30.3 Å². The molecule has 4 rings (SSSR count). The summed E-state index contributed by atoms with van der Waals surface area (Å²) < 4.78 is 8.37. The van der Waals surface area contributed by atoms with Crippen molar-refractivity contribution in [1.82, 2.24) is 14.1 Å². The van der Waals surface area contributed by atoms with Crippen LogP contribution in [-0.2, 0) is 33.6 Å². The molecule has 1 aliphatic carbocycles. The molecule has 3 N–H and O–H groups in total. The number of primary amides is 1. The number of hydrogen-bond donors (Lipinski definition) is 2. The Labute approximate surface area is 181 Å². The number of Topliss-reactive ketones (excluding diaryl/α,β-unsaturated/α-hetero) is 2. The number of amides is 2. The predicted octanol–water partition coefficient (Wildman–Crippen LogP) is 1.27. The van der Waals surface area contributed by atoms with Crippen LogP contribution in [0.15, 0.2) is 48.5 Å². The molecule has 31 heavy (non-hydrogen) atoms. The molecule has 1 unspecified atom stereocenters. The Morgan fingerprint density at radius 1 is 1.03 bits per heavy atom. The van der Waals surface area contributed by atoms with Gasteiger partial charge in [0.05, 0.1) is 11.7 Å². The van der Waals surface area contributed by atoms with Gasteiger partial charge in [0.15, 0.2) is 5.69 Å². The maximum absolute atomic E-state index is 13.0. The van der Waals surface area contributed by atoms with Gasteiger partial charge in [0.25, 0.3) is 11.8 Å². The lowest BCUT2D eigenvalue weighted by Gasteiger charge is -2.16. The van der Waals surface area contributed by atoms with Crippen LogP contribution in [0.5, 0.6) is 0 Å². The van der Waals surface area contributed by atoms with Crippen molar-refractivity contribution in [2.24, 2.45) is 5.73 Å². The van der Waals surface area contributed by atoms with Crippen LogP contribution < -0.4 is 11.1 Å². The van der Waals surface area contributed by atoms with Crippen molar-refractivity contribution < 1.29 is 19.2 Å². The van der Waals surface area contributed by atoms with Crippen molar-refractivity contribution in [3.63, 3.8) is 0 Å². The third-order valence-electron chi connectivity index (χ3n) is 5.14. The number of nitrogens with zero attached hydrogens (tertiary/aromatic N) is 2. The summed E-state index contributed by atoms with van der Waals surface area (Å²) in [6, 6.07) is 13.3. The van der Waals surface area contributed by atoms with E-state index in [0.29, 0.717) is 17.7 Å². The molecular weight excluding hydrogens is 416 g/mol. The summed E-state index contributed by atoms with van der Waals surface area (Å²) in [5, 5.41) is 2.58. The fourth-order valence-electron chi connectivity index (χ4n) is 3.67. The number of hydrogen-bond acceptors (Lipinski definition) is 7. The molecular formula is C22H18N4O4S. The van der Waals surface area contributed by atoms with Gasteiger partial charge in [0.1, 0.15) is 17.5 Å². The molecule has 0 spiro atoms. The molecule has 1 aromatic heterocycles. The van der Waals surface area contributed by atoms with E-state index < -0.39 is 23.6 Å². The van der Waals surface area contributed by atoms with Crippen LogP contribution in [0.4, 0.5) is 0 Å². The number of nitrogens with one attached hydrogen (secondary N) is 1. The first-order valence-electron chi connectivity index (χ1n) is 9.58. The Hall–Kier alpha value is -3.72. The van der Waals surface area contributed by atoms with Crippen molar-refractivity contribution in [2.75, 3.05) is 0 Å². The van der Waals surface area contributed by atoms with Crippen molar-refractivity contribution >= 4 is 35.1 Å². The smallest absolute Gasteiger partial charge is 0.287 e. The molecule has 0 fully saturated rings. The SMILES string of the molecule is NC(=O)C(=O)C(Cc1ccccc1)NC(=O)c1nsnc1-c1cccc2c1CC(=O)C2. The minimum Gasteiger partial charge on any atom is -0.363 e. The zero-order valence-electron chi connectivity index (χ0n) is 16.3. The van der Waals surface area contributed by atoms with Gasteiger partial charge in [0, 0.05) is 24.8 Å². The van der Waals surface area contributed by atoms with Gasteiger partial charge in [-0.25, -0.2) is 0 Å². The Morgan fingerprint density at radius 2 is 1.81 bits per heavy atom. The topological polar surface area (TPSA) is 132 Å². The van der Waals surface area contributed by atoms with Gasteiger partial charge in [-0.2, -0.15) is 8.75 Å². The Morgan fingerprint density at radius 3 is 2.55 bits per heavy atom. The molecule has 2 aromatic carbocycles. The van der Waals surface area contributed by atoms with E-state index in [9.17, 15) is 19.2 Å². The van der Waals surface area contributed by atoms with E-state index in [1.165, 1.54) is 0 Å². The average molecular weight is 434 g/mol. The van der Waals surface area contributed by atoms with Crippen molar-refractivity contribution in [2.45, 2.75) is 25.3 Å². The highest BCUT2D eigenvalue weighted by molar-refractivity contribution is 6.99. The van der Waals surface area contributed by atoms with E-state index in [0.717, 1.165) is 28.4 Å². The quantitative estimate of drug-likeness (QED) is 0.538. The molecule has 2 amide bonds. The van der Waals surface area contributed by atoms with Crippen LogP contribution in [0, 0.1) is 0 Å². The third kappa shape index (κ3) is 4.26. The number of carbonyl (C=O) groups is 4. The van der Waals surface area contributed by atoms with Crippen LogP contribution in [0.2, 0.25) is 0 Å². The summed E-state index contributed by atoms with van der Waals surface area (Å²) >= 11 is 0.859. The minimum atomic E-state index is -1.13. The lowest BCUT2D eigenvalue weighted by Crippen LogP contribution is -2.47. The lowest BCUT2D eigenvalue weighted by atomic mass is 9.99. The standard InChI is InChI=1S/C22H18N4O4S/c23-21(29)20(28)17(9-12-5-2-1-3-6-12)24-22(30)19-18(25-31-26-19)15-8-4-7-13-10-14(27)11-16(13)15/h1-8,17H,9-11H2,(H2,23,29)(H,24,30). The molecule has 0 aliphatic heterocycles. The van der Waals surface area contributed by atoms with E-state index in [2.05, 4.69) is 14.1 Å². The summed E-state index contributed by atoms with van der Waals surface area (Å²) in [7, 11) is 0. The molecule has 3 aromatic rings. The second kappa shape index (κ2) is 8.57. The van der Waals surface area contributed by atoms with E-state index >= 15 is 0 Å². The predicted molar refractivity (Wildman–Crippen MR) is 113 cm³/mol. The lowest BCUT2D eigenvalue weighted by molar-refractivity contribution is -0.137. The van der Waals surface area contributed by atoms with Gasteiger partial charge in [-0.1, -0.05) is 48.5 Å². The zero-order chi connectivity index (χ0) is 22.0. The maximum Gasteiger partial charge on any atom is 0.287 e. The monoisotopic (exact) mass is 434 g/mol. The molecule has 1 aliphatic rings. The van der Waals surface area contributed by atoms with Crippen LogP contribution in [-0.4, -0.2) is 38.2 Å². The zero-order valence-corrected chi connectivity index (χ0v) is 17.1. The fourth-order valence-corrected chi connectivity index (χ4v) is 4.23. The third-order valence-corrected chi connectivity index (χ3v) is 5.67. The molecule has 0 bridgehead atoms. The van der Waals surface area contributed by atoms with Gasteiger partial charge < -0.3 is 11.1 Å². The summed E-state index contributed by atoms with van der Waals surface area (Å²) in [4.78, 5) is 48.8. The molecule has 8 nitrogen and oxygen atoms in total. The molecule has 156 valence electrons. The van der Waals surface area contributed by atoms with Crippen LogP contribution in [0.3, 0.4) is 0 Å². The van der Waals surface area contributed by atoms with Gasteiger partial charge in [-0.3, -0.25) is 19.2 Å². The summed E-state index contributed by atoms with van der Waals surface area (Å²) in [6.07, 6.45) is 0.742. The number of nitrogens with two attached hydrogens (primary N) is 1. The molecule has 0 saturated carbocycles. The largest absolute Gasteiger partial charge is 0.363 e. The second-order valence-electron chi connectivity index (χ2n) is 7.24. The van der Waals surface area contributed by atoms with Gasteiger partial charge in [-0.15, -0.1) is 0 Å². The summed E-state index contributed by atoms with van der Waals surface area (Å²) in [5.41, 5.74) is 8.74. The van der Waals surface area contributed by atoms with Gasteiger partial charge in [-0.05, 0) is 16.7 Å². The molecule has 0 saturated heterocycles. The Bertz CT molecular complexity index is 1190. The Balaban J connectivity index is 1.63. The Kier molecular flexibility index (Phi) is 5.68. The summed E-state index contributed by atoms with van der Waals surface area (Å²) in [5.74, 6) is -2.56. The molecule has 1 heterocycles. The minimum absolute atomic E-state index is 0.0353. The maximum atomic E-state index is 13.0. The number of rotatable bonds is 7. The van der Waals surface area contributed by atoms with Gasteiger partial charge in [0.2, 0.25) is 5.78 Å². The first-order chi connectivity index (χ1) is 14.9. The van der Waals surface area contributed by atoms with Crippen molar-refractivity contribution in [1.29, 1.82) is 0 Å². The van der Waals surface area contributed by atoms with Crippen LogP contribution in [0.25, 0.3) is 11.3 Å². The normalized spacial score (nSPS) is 13.5. The fraction of sp³-hybridized carbons (Fsp3) is 0.182. The van der Waals surface area contributed by atoms with Crippen LogP contribution >= 0.6 is 11.7 Å². The highest BCUT2D eigenvalue weighted by Crippen LogP contribution is 2.32. The van der Waals surface area contributed by atoms with E-state index in [-0.39, 0.29) is 24.3 Å². The number of carbonyl (C=O) groups excluding carboxylic acids is 4. The number of aromatic nitrogens is 2. The number of benzene rings is 2. The highest BCUT2D eigenvalue weighted by atomic mass is 32.1. The van der Waals surface area contributed by atoms with Crippen molar-refractivity contribution in [3.8, 4) is 11.3 Å². The average Bonchev–Trinajstić information content (AvgIpc) is 3.39. The molecule has 1 atom stereocenters. The highest BCUT2D eigenvalue weighted by Gasteiger charge is 2.30. The van der Waals surface area contributed by atoms with E-state index in [1.807, 2.05) is 18.2 Å². The van der Waals surface area contributed by atoms with E-state index in [4.69, 9.17) is 5.73 Å². The van der Waals surface area contributed by atoms with Crippen molar-refractivity contribution in [3.05, 3.63) is 70.9 Å². The number of ketones is 2. The second-order valence-corrected chi connectivity index (χ2v) is 7.77. The van der Waals surface area contributed by atoms with Crippen LogP contribution in [0.1, 0.15) is 27.2 Å². The van der Waals surface area contributed by atoms with Gasteiger partial charge >= 0.3 is 0 Å². The number of fused-ring (bicyclic) bond motifs is 1.